The van der Waals surface area contributed by atoms with E-state index in [0.717, 1.165) is 11.3 Å². The highest BCUT2D eigenvalue weighted by atomic mass is 16.5. The summed E-state index contributed by atoms with van der Waals surface area (Å²) in [6.45, 7) is 1.55. The number of hydrogen-bond donors (Lipinski definition) is 1. The maximum absolute atomic E-state index is 10.7. The largest absolute Gasteiger partial charge is 0.479 e. The second kappa shape index (κ2) is 3.93. The lowest BCUT2D eigenvalue weighted by Gasteiger charge is -2.13. The van der Waals surface area contributed by atoms with E-state index >= 15 is 0 Å². The van der Waals surface area contributed by atoms with Crippen LogP contribution in [0.2, 0.25) is 0 Å². The van der Waals surface area contributed by atoms with Crippen molar-refractivity contribution in [2.24, 2.45) is 0 Å². The van der Waals surface area contributed by atoms with Gasteiger partial charge in [-0.2, -0.15) is 0 Å². The van der Waals surface area contributed by atoms with Gasteiger partial charge in [0.25, 0.3) is 0 Å². The van der Waals surface area contributed by atoms with Crippen LogP contribution in [-0.4, -0.2) is 17.2 Å². The standard InChI is InChI=1S/C12H14O3/c1-8(12(13)14)15-11-5-3-2-4-10(11)9-6-7-9/h2-5,8-9H,6-7H2,1H3,(H,13,14). The van der Waals surface area contributed by atoms with Gasteiger partial charge in [-0.3, -0.25) is 0 Å². The third-order valence-corrected chi connectivity index (χ3v) is 2.59. The fourth-order valence-corrected chi connectivity index (χ4v) is 1.56. The molecule has 1 aliphatic carbocycles. The van der Waals surface area contributed by atoms with Gasteiger partial charge < -0.3 is 9.84 Å². The SMILES string of the molecule is CC(Oc1ccccc1C1CC1)C(=O)O. The maximum atomic E-state index is 10.7. The molecule has 3 nitrogen and oxygen atoms in total. The quantitative estimate of drug-likeness (QED) is 0.822. The fraction of sp³-hybridized carbons (Fsp3) is 0.417. The van der Waals surface area contributed by atoms with Gasteiger partial charge in [-0.1, -0.05) is 18.2 Å². The van der Waals surface area contributed by atoms with E-state index in [4.69, 9.17) is 9.84 Å². The molecule has 2 rings (SSSR count). The summed E-state index contributed by atoms with van der Waals surface area (Å²) < 4.78 is 5.41. The van der Waals surface area contributed by atoms with E-state index < -0.39 is 12.1 Å². The van der Waals surface area contributed by atoms with Crippen LogP contribution in [0.3, 0.4) is 0 Å². The number of benzene rings is 1. The van der Waals surface area contributed by atoms with Crippen molar-refractivity contribution in [2.75, 3.05) is 0 Å². The van der Waals surface area contributed by atoms with Gasteiger partial charge >= 0.3 is 5.97 Å². The summed E-state index contributed by atoms with van der Waals surface area (Å²) >= 11 is 0. The van der Waals surface area contributed by atoms with E-state index in [0.29, 0.717) is 5.92 Å². The van der Waals surface area contributed by atoms with Crippen LogP contribution in [0.5, 0.6) is 5.75 Å². The molecule has 0 spiro atoms. The van der Waals surface area contributed by atoms with E-state index in [9.17, 15) is 4.79 Å². The molecule has 15 heavy (non-hydrogen) atoms. The molecule has 1 N–H and O–H groups in total. The fourth-order valence-electron chi connectivity index (χ4n) is 1.56. The highest BCUT2D eigenvalue weighted by molar-refractivity contribution is 5.72. The Morgan fingerprint density at radius 3 is 2.73 bits per heavy atom. The van der Waals surface area contributed by atoms with E-state index in [-0.39, 0.29) is 0 Å². The summed E-state index contributed by atoms with van der Waals surface area (Å²) in [5.74, 6) is 0.359. The molecule has 80 valence electrons. The Labute approximate surface area is 88.7 Å². The second-order valence-corrected chi connectivity index (χ2v) is 3.91. The molecule has 0 radical (unpaired) electrons. The average Bonchev–Trinajstić information content (AvgIpc) is 3.02. The van der Waals surface area contributed by atoms with E-state index in [2.05, 4.69) is 0 Å². The second-order valence-electron chi connectivity index (χ2n) is 3.91. The lowest BCUT2D eigenvalue weighted by atomic mass is 10.1. The molecule has 1 unspecified atom stereocenters. The molecular formula is C12H14O3. The van der Waals surface area contributed by atoms with Crippen molar-refractivity contribution in [3.63, 3.8) is 0 Å². The summed E-state index contributed by atoms with van der Waals surface area (Å²) in [4.78, 5) is 10.7. The minimum atomic E-state index is -0.930. The van der Waals surface area contributed by atoms with Gasteiger partial charge in [0.1, 0.15) is 5.75 Å². The highest BCUT2D eigenvalue weighted by Crippen LogP contribution is 2.44. The van der Waals surface area contributed by atoms with Crippen molar-refractivity contribution >= 4 is 5.97 Å². The zero-order valence-electron chi connectivity index (χ0n) is 8.64. The van der Waals surface area contributed by atoms with Gasteiger partial charge in [0, 0.05) is 0 Å². The molecule has 0 aliphatic heterocycles. The first-order chi connectivity index (χ1) is 7.18. The van der Waals surface area contributed by atoms with E-state index in [1.54, 1.807) is 6.92 Å². The number of aliphatic carboxylic acids is 1. The van der Waals surface area contributed by atoms with Gasteiger partial charge in [0.2, 0.25) is 0 Å². The van der Waals surface area contributed by atoms with Crippen molar-refractivity contribution in [3.05, 3.63) is 29.8 Å². The molecule has 1 fully saturated rings. The Bertz CT molecular complexity index is 369. The van der Waals surface area contributed by atoms with Crippen LogP contribution >= 0.6 is 0 Å². The Hall–Kier alpha value is -1.51. The first-order valence-corrected chi connectivity index (χ1v) is 5.17. The summed E-state index contributed by atoms with van der Waals surface area (Å²) in [5, 5.41) is 8.76. The molecule has 3 heteroatoms. The summed E-state index contributed by atoms with van der Waals surface area (Å²) in [5.41, 5.74) is 1.14. The van der Waals surface area contributed by atoms with E-state index in [1.165, 1.54) is 12.8 Å². The molecule has 0 aromatic heterocycles. The number of carboxylic acids is 1. The zero-order valence-corrected chi connectivity index (χ0v) is 8.64. The number of carbonyl (C=O) groups is 1. The van der Waals surface area contributed by atoms with Gasteiger partial charge in [-0.25, -0.2) is 4.79 Å². The summed E-state index contributed by atoms with van der Waals surface area (Å²) in [6, 6.07) is 7.69. The Morgan fingerprint density at radius 2 is 2.13 bits per heavy atom. The molecule has 1 atom stereocenters. The molecule has 0 amide bonds. The third kappa shape index (κ3) is 2.29. The Kier molecular flexibility index (Phi) is 2.62. The number of para-hydroxylation sites is 1. The maximum Gasteiger partial charge on any atom is 0.344 e. The topological polar surface area (TPSA) is 46.5 Å². The van der Waals surface area contributed by atoms with Crippen LogP contribution in [-0.2, 0) is 4.79 Å². The first kappa shape index (κ1) is 10.0. The molecule has 0 heterocycles. The predicted molar refractivity (Wildman–Crippen MR) is 56.1 cm³/mol. The van der Waals surface area contributed by atoms with Crippen LogP contribution in [0.4, 0.5) is 0 Å². The van der Waals surface area contributed by atoms with Crippen LogP contribution in [0.25, 0.3) is 0 Å². The van der Waals surface area contributed by atoms with Crippen LogP contribution in [0, 0.1) is 0 Å². The van der Waals surface area contributed by atoms with Crippen molar-refractivity contribution in [2.45, 2.75) is 31.8 Å². The molecule has 1 aromatic carbocycles. The normalized spacial score (nSPS) is 17.1. The monoisotopic (exact) mass is 206 g/mol. The smallest absolute Gasteiger partial charge is 0.344 e. The number of hydrogen-bond acceptors (Lipinski definition) is 2. The van der Waals surface area contributed by atoms with Crippen molar-refractivity contribution in [3.8, 4) is 5.75 Å². The highest BCUT2D eigenvalue weighted by Gasteiger charge is 2.27. The zero-order chi connectivity index (χ0) is 10.8. The number of carboxylic acid groups (broad SMARTS) is 1. The van der Waals surface area contributed by atoms with Crippen LogP contribution < -0.4 is 4.74 Å². The average molecular weight is 206 g/mol. The summed E-state index contributed by atoms with van der Waals surface area (Å²) in [7, 11) is 0. The Balaban J connectivity index is 2.16. The number of ether oxygens (including phenoxy) is 1. The Morgan fingerprint density at radius 1 is 1.47 bits per heavy atom. The molecule has 0 saturated heterocycles. The van der Waals surface area contributed by atoms with Gasteiger partial charge in [-0.15, -0.1) is 0 Å². The lowest BCUT2D eigenvalue weighted by Crippen LogP contribution is -2.23. The molecule has 1 saturated carbocycles. The van der Waals surface area contributed by atoms with Gasteiger partial charge in [0.05, 0.1) is 0 Å². The van der Waals surface area contributed by atoms with Crippen molar-refractivity contribution in [1.82, 2.24) is 0 Å². The van der Waals surface area contributed by atoms with Gasteiger partial charge in [-0.05, 0) is 37.3 Å². The molecular weight excluding hydrogens is 192 g/mol. The third-order valence-electron chi connectivity index (χ3n) is 2.59. The lowest BCUT2D eigenvalue weighted by molar-refractivity contribution is -0.144. The van der Waals surface area contributed by atoms with E-state index in [1.807, 2.05) is 24.3 Å². The van der Waals surface area contributed by atoms with Crippen LogP contribution in [0.15, 0.2) is 24.3 Å². The first-order valence-electron chi connectivity index (χ1n) is 5.17. The van der Waals surface area contributed by atoms with Gasteiger partial charge in [0.15, 0.2) is 6.10 Å². The summed E-state index contributed by atoms with van der Waals surface area (Å²) in [6.07, 6.45) is 1.58. The van der Waals surface area contributed by atoms with Crippen LogP contribution in [0.1, 0.15) is 31.2 Å². The molecule has 0 bridgehead atoms. The molecule has 1 aliphatic rings. The van der Waals surface area contributed by atoms with Crippen molar-refractivity contribution < 1.29 is 14.6 Å². The minimum absolute atomic E-state index is 0.571. The minimum Gasteiger partial charge on any atom is -0.479 e. The van der Waals surface area contributed by atoms with Crippen molar-refractivity contribution in [1.29, 1.82) is 0 Å². The molecule has 1 aromatic rings. The number of rotatable bonds is 4. The predicted octanol–water partition coefficient (Wildman–Crippen LogP) is 2.42.